The van der Waals surface area contributed by atoms with Gasteiger partial charge in [-0.15, -0.1) is 11.3 Å². The summed E-state index contributed by atoms with van der Waals surface area (Å²) in [7, 11) is 0. The molecule has 0 bridgehead atoms. The third kappa shape index (κ3) is 3.68. The first-order chi connectivity index (χ1) is 12.9. The predicted octanol–water partition coefficient (Wildman–Crippen LogP) is 3.64. The summed E-state index contributed by atoms with van der Waals surface area (Å²) in [5, 5.41) is 2.75. The average molecular weight is 383 g/mol. The molecule has 0 fully saturated rings. The quantitative estimate of drug-likeness (QED) is 0.756. The van der Waals surface area contributed by atoms with E-state index in [4.69, 9.17) is 9.73 Å². The van der Waals surface area contributed by atoms with Crippen molar-refractivity contribution in [2.45, 2.75) is 33.7 Å². The summed E-state index contributed by atoms with van der Waals surface area (Å²) in [6.45, 7) is 7.10. The molecule has 2 heterocycles. The molecule has 6 nitrogen and oxygen atoms in total. The molecule has 0 spiro atoms. The van der Waals surface area contributed by atoms with E-state index in [1.165, 1.54) is 23.2 Å². The zero-order valence-electron chi connectivity index (χ0n) is 15.7. The van der Waals surface area contributed by atoms with E-state index in [1.54, 1.807) is 13.8 Å². The maximum atomic E-state index is 12.7. The third-order valence-corrected chi connectivity index (χ3v) is 5.01. The standard InChI is InChI=1S/C20H21N3O3S/c1-5-26-20(25)17-12(2)23(14(4)24)19(16-11-27-13(3)21-16)22-18(17)15-9-7-6-8-10-15/h6-11,18H,5H2,1-4H3/t18-/m0/s1. The number of aryl methyl sites for hydroxylation is 1. The first-order valence-corrected chi connectivity index (χ1v) is 9.55. The number of carbonyl (C=O) groups is 2. The second kappa shape index (κ2) is 7.84. The first-order valence-electron chi connectivity index (χ1n) is 8.67. The van der Waals surface area contributed by atoms with Crippen LogP contribution in [0.4, 0.5) is 0 Å². The highest BCUT2D eigenvalue weighted by Crippen LogP contribution is 2.36. The average Bonchev–Trinajstić information content (AvgIpc) is 3.07. The van der Waals surface area contributed by atoms with Crippen LogP contribution in [0, 0.1) is 6.92 Å². The van der Waals surface area contributed by atoms with E-state index in [9.17, 15) is 9.59 Å². The Labute approximate surface area is 162 Å². The molecular formula is C20H21N3O3S. The lowest BCUT2D eigenvalue weighted by Gasteiger charge is -2.32. The van der Waals surface area contributed by atoms with E-state index in [0.29, 0.717) is 22.8 Å². The second-order valence-corrected chi connectivity index (χ2v) is 7.15. The van der Waals surface area contributed by atoms with Crippen LogP contribution in [-0.4, -0.2) is 34.2 Å². The minimum atomic E-state index is -0.558. The Kier molecular flexibility index (Phi) is 5.51. The lowest BCUT2D eigenvalue weighted by Crippen LogP contribution is -2.40. The summed E-state index contributed by atoms with van der Waals surface area (Å²) in [4.78, 5) is 35.8. The van der Waals surface area contributed by atoms with Crippen LogP contribution in [0.15, 0.2) is 52.0 Å². The Morgan fingerprint density at radius 2 is 1.93 bits per heavy atom. The summed E-state index contributed by atoms with van der Waals surface area (Å²) >= 11 is 1.49. The number of nitrogens with zero attached hydrogens (tertiary/aromatic N) is 3. The molecule has 0 saturated carbocycles. The minimum Gasteiger partial charge on any atom is -0.463 e. The number of hydrogen-bond acceptors (Lipinski definition) is 6. The summed E-state index contributed by atoms with van der Waals surface area (Å²) in [5.41, 5.74) is 2.36. The van der Waals surface area contributed by atoms with Crippen LogP contribution in [-0.2, 0) is 14.3 Å². The van der Waals surface area contributed by atoms with Crippen molar-refractivity contribution in [3.63, 3.8) is 0 Å². The van der Waals surface area contributed by atoms with Gasteiger partial charge in [-0.25, -0.2) is 9.78 Å². The molecule has 0 saturated heterocycles. The van der Waals surface area contributed by atoms with Gasteiger partial charge in [0.25, 0.3) is 0 Å². The Hall–Kier alpha value is -2.80. The minimum absolute atomic E-state index is 0.231. The molecule has 1 aliphatic heterocycles. The molecule has 1 amide bonds. The highest BCUT2D eigenvalue weighted by Gasteiger charge is 2.36. The highest BCUT2D eigenvalue weighted by atomic mass is 32.1. The van der Waals surface area contributed by atoms with Crippen molar-refractivity contribution in [1.82, 2.24) is 9.88 Å². The number of esters is 1. The van der Waals surface area contributed by atoms with Gasteiger partial charge in [0.1, 0.15) is 11.7 Å². The Balaban J connectivity index is 2.21. The van der Waals surface area contributed by atoms with Crippen molar-refractivity contribution in [3.05, 3.63) is 63.2 Å². The van der Waals surface area contributed by atoms with E-state index in [2.05, 4.69) is 4.98 Å². The van der Waals surface area contributed by atoms with Crippen molar-refractivity contribution in [2.75, 3.05) is 6.61 Å². The predicted molar refractivity (Wildman–Crippen MR) is 104 cm³/mol. The van der Waals surface area contributed by atoms with Crippen LogP contribution in [0.2, 0.25) is 0 Å². The molecular weight excluding hydrogens is 362 g/mol. The molecule has 0 radical (unpaired) electrons. The van der Waals surface area contributed by atoms with Gasteiger partial charge in [-0.05, 0) is 26.3 Å². The zero-order valence-corrected chi connectivity index (χ0v) is 16.5. The van der Waals surface area contributed by atoms with Gasteiger partial charge in [-0.3, -0.25) is 14.7 Å². The van der Waals surface area contributed by atoms with Gasteiger partial charge >= 0.3 is 5.97 Å². The number of aliphatic imine (C=N–C) groups is 1. The molecule has 27 heavy (non-hydrogen) atoms. The fourth-order valence-corrected chi connectivity index (χ4v) is 3.69. The highest BCUT2D eigenvalue weighted by molar-refractivity contribution is 7.09. The molecule has 2 aromatic rings. The third-order valence-electron chi connectivity index (χ3n) is 4.24. The topological polar surface area (TPSA) is 71.9 Å². The van der Waals surface area contributed by atoms with E-state index < -0.39 is 12.0 Å². The van der Waals surface area contributed by atoms with Gasteiger partial charge in [-0.2, -0.15) is 0 Å². The van der Waals surface area contributed by atoms with Crippen molar-refractivity contribution >= 4 is 29.0 Å². The maximum absolute atomic E-state index is 12.7. The molecule has 7 heteroatoms. The number of ether oxygens (including phenoxy) is 1. The van der Waals surface area contributed by atoms with Crippen molar-refractivity contribution in [3.8, 4) is 0 Å². The Bertz CT molecular complexity index is 931. The molecule has 1 aliphatic rings. The Morgan fingerprint density at radius 1 is 1.22 bits per heavy atom. The van der Waals surface area contributed by atoms with Crippen molar-refractivity contribution < 1.29 is 14.3 Å². The maximum Gasteiger partial charge on any atom is 0.338 e. The van der Waals surface area contributed by atoms with Crippen molar-refractivity contribution in [2.24, 2.45) is 4.99 Å². The van der Waals surface area contributed by atoms with Crippen LogP contribution in [0.5, 0.6) is 0 Å². The number of amidine groups is 1. The van der Waals surface area contributed by atoms with Crippen LogP contribution in [0.3, 0.4) is 0 Å². The number of hydrogen-bond donors (Lipinski definition) is 0. The number of benzene rings is 1. The molecule has 0 N–H and O–H groups in total. The van der Waals surface area contributed by atoms with Gasteiger partial charge in [0, 0.05) is 18.0 Å². The fourth-order valence-electron chi connectivity index (χ4n) is 3.10. The van der Waals surface area contributed by atoms with E-state index in [0.717, 1.165) is 10.6 Å². The van der Waals surface area contributed by atoms with E-state index >= 15 is 0 Å². The van der Waals surface area contributed by atoms with Gasteiger partial charge < -0.3 is 4.74 Å². The fraction of sp³-hybridized carbons (Fsp3) is 0.300. The van der Waals surface area contributed by atoms with Crippen LogP contribution < -0.4 is 0 Å². The smallest absolute Gasteiger partial charge is 0.338 e. The monoisotopic (exact) mass is 383 g/mol. The summed E-state index contributed by atoms with van der Waals surface area (Å²) in [6.07, 6.45) is 0. The number of aromatic nitrogens is 1. The number of rotatable bonds is 4. The summed E-state index contributed by atoms with van der Waals surface area (Å²) < 4.78 is 5.26. The number of allylic oxidation sites excluding steroid dienone is 1. The van der Waals surface area contributed by atoms with E-state index in [-0.39, 0.29) is 12.5 Å². The van der Waals surface area contributed by atoms with Gasteiger partial charge in [0.05, 0.1) is 17.2 Å². The number of amides is 1. The second-order valence-electron chi connectivity index (χ2n) is 6.09. The first kappa shape index (κ1) is 19.0. The van der Waals surface area contributed by atoms with Crippen molar-refractivity contribution in [1.29, 1.82) is 0 Å². The summed E-state index contributed by atoms with van der Waals surface area (Å²) in [5.74, 6) is -0.246. The molecule has 1 aromatic carbocycles. The number of thiazole rings is 1. The molecule has 140 valence electrons. The molecule has 1 aromatic heterocycles. The number of carbonyl (C=O) groups excluding carboxylic acids is 2. The van der Waals surface area contributed by atoms with E-state index in [1.807, 2.05) is 42.6 Å². The van der Waals surface area contributed by atoms with Crippen LogP contribution in [0.25, 0.3) is 0 Å². The zero-order chi connectivity index (χ0) is 19.6. The van der Waals surface area contributed by atoms with Gasteiger partial charge in [0.2, 0.25) is 5.91 Å². The van der Waals surface area contributed by atoms with Crippen LogP contribution in [0.1, 0.15) is 43.1 Å². The molecule has 3 rings (SSSR count). The lowest BCUT2D eigenvalue weighted by atomic mass is 9.95. The largest absolute Gasteiger partial charge is 0.463 e. The SMILES string of the molecule is CCOC(=O)C1=C(C)N(C(C)=O)C(c2csc(C)n2)=N[C@H]1c1ccccc1. The summed E-state index contributed by atoms with van der Waals surface area (Å²) in [6, 6.07) is 8.96. The Morgan fingerprint density at radius 3 is 2.48 bits per heavy atom. The van der Waals surface area contributed by atoms with Crippen LogP contribution >= 0.6 is 11.3 Å². The van der Waals surface area contributed by atoms with Gasteiger partial charge in [0.15, 0.2) is 5.84 Å². The normalized spacial score (nSPS) is 17.0. The molecule has 0 aliphatic carbocycles. The molecule has 0 unspecified atom stereocenters. The lowest BCUT2D eigenvalue weighted by molar-refractivity contribution is -0.139. The molecule has 1 atom stereocenters. The van der Waals surface area contributed by atoms with Gasteiger partial charge in [-0.1, -0.05) is 30.3 Å².